The molecule has 0 unspecified atom stereocenters. The van der Waals surface area contributed by atoms with Gasteiger partial charge < -0.3 is 19.7 Å². The monoisotopic (exact) mass is 350 g/mol. The summed E-state index contributed by atoms with van der Waals surface area (Å²) in [5.41, 5.74) is 0.799. The normalized spacial score (nSPS) is 14.0. The second-order valence-corrected chi connectivity index (χ2v) is 5.14. The summed E-state index contributed by atoms with van der Waals surface area (Å²) in [6.45, 7) is 0.997. The molecule has 1 aliphatic heterocycles. The average Bonchev–Trinajstić information content (AvgIpc) is 2.39. The topological polar surface area (TPSA) is 50.8 Å². The highest BCUT2D eigenvalue weighted by molar-refractivity contribution is 5.85. The van der Waals surface area contributed by atoms with Crippen LogP contribution in [0.25, 0.3) is 0 Å². The number of carbonyl (C=O) groups is 1. The Bertz CT molecular complexity index is 527. The zero-order valence-electron chi connectivity index (χ0n) is 13.1. The second kappa shape index (κ2) is 8.88. The molecule has 1 heterocycles. The third-order valence-corrected chi connectivity index (χ3v) is 3.45. The van der Waals surface area contributed by atoms with Crippen molar-refractivity contribution >= 4 is 18.3 Å². The predicted molar refractivity (Wildman–Crippen MR) is 84.3 cm³/mol. The van der Waals surface area contributed by atoms with Crippen LogP contribution in [-0.2, 0) is 11.3 Å². The summed E-state index contributed by atoms with van der Waals surface area (Å²) in [5.74, 6) is 0.353. The van der Waals surface area contributed by atoms with Gasteiger partial charge in [-0.25, -0.2) is 0 Å². The van der Waals surface area contributed by atoms with Gasteiger partial charge in [-0.15, -0.1) is 12.4 Å². The third-order valence-electron chi connectivity index (χ3n) is 3.45. The number of amides is 1. The minimum absolute atomic E-state index is 0. The fourth-order valence-corrected chi connectivity index (χ4v) is 2.24. The smallest absolute Gasteiger partial charge is 0.387 e. The Hall–Kier alpha value is -1.60. The zero-order valence-corrected chi connectivity index (χ0v) is 13.9. The van der Waals surface area contributed by atoms with Gasteiger partial charge in [0.2, 0.25) is 5.91 Å². The molecular weight excluding hydrogens is 330 g/mol. The number of benzene rings is 1. The highest BCUT2D eigenvalue weighted by Gasteiger charge is 2.27. The van der Waals surface area contributed by atoms with Crippen LogP contribution in [0.3, 0.4) is 0 Å². The standard InChI is InChI=1S/C15H20F2N2O3.ClH/c1-3-21-13-6-10(4-5-12(13)22-15(16)17)9-19(2)14(20)11-7-18-8-11;/h4-6,11,15,18H,3,7-9H2,1-2H3;1H. The first-order valence-corrected chi connectivity index (χ1v) is 7.17. The first-order chi connectivity index (χ1) is 10.5. The molecule has 1 aromatic carbocycles. The van der Waals surface area contributed by atoms with Gasteiger partial charge in [0.25, 0.3) is 0 Å². The fraction of sp³-hybridized carbons (Fsp3) is 0.533. The van der Waals surface area contributed by atoms with E-state index in [1.165, 1.54) is 6.07 Å². The van der Waals surface area contributed by atoms with Crippen LogP contribution in [0.1, 0.15) is 12.5 Å². The number of carbonyl (C=O) groups excluding carboxylic acids is 1. The summed E-state index contributed by atoms with van der Waals surface area (Å²) >= 11 is 0. The molecule has 130 valence electrons. The van der Waals surface area contributed by atoms with Crippen LogP contribution < -0.4 is 14.8 Å². The van der Waals surface area contributed by atoms with Crippen LogP contribution >= 0.6 is 12.4 Å². The molecule has 2 rings (SSSR count). The molecule has 1 saturated heterocycles. The minimum atomic E-state index is -2.90. The Labute approximate surface area is 140 Å². The van der Waals surface area contributed by atoms with E-state index in [-0.39, 0.29) is 35.7 Å². The maximum atomic E-state index is 12.4. The molecule has 0 aliphatic carbocycles. The van der Waals surface area contributed by atoms with Gasteiger partial charge in [-0.1, -0.05) is 6.07 Å². The zero-order chi connectivity index (χ0) is 16.1. The van der Waals surface area contributed by atoms with Crippen molar-refractivity contribution in [3.8, 4) is 11.5 Å². The van der Waals surface area contributed by atoms with E-state index >= 15 is 0 Å². The molecule has 1 aliphatic rings. The van der Waals surface area contributed by atoms with E-state index in [4.69, 9.17) is 4.74 Å². The lowest BCUT2D eigenvalue weighted by atomic mass is 10.0. The molecule has 0 atom stereocenters. The van der Waals surface area contributed by atoms with Crippen LogP contribution in [0.5, 0.6) is 11.5 Å². The summed E-state index contributed by atoms with van der Waals surface area (Å²) in [6, 6.07) is 4.72. The minimum Gasteiger partial charge on any atom is -0.490 e. The molecule has 0 saturated carbocycles. The fourth-order valence-electron chi connectivity index (χ4n) is 2.24. The summed E-state index contributed by atoms with van der Waals surface area (Å²) in [4.78, 5) is 13.7. The average molecular weight is 351 g/mol. The van der Waals surface area contributed by atoms with E-state index in [1.807, 2.05) is 0 Å². The molecule has 1 amide bonds. The highest BCUT2D eigenvalue weighted by Crippen LogP contribution is 2.30. The van der Waals surface area contributed by atoms with E-state index in [9.17, 15) is 13.6 Å². The number of hydrogen-bond acceptors (Lipinski definition) is 4. The molecule has 0 radical (unpaired) electrons. The van der Waals surface area contributed by atoms with Gasteiger partial charge in [0.05, 0.1) is 12.5 Å². The Morgan fingerprint density at radius 2 is 2.09 bits per heavy atom. The molecule has 5 nitrogen and oxygen atoms in total. The number of ether oxygens (including phenoxy) is 2. The second-order valence-electron chi connectivity index (χ2n) is 5.14. The first-order valence-electron chi connectivity index (χ1n) is 7.17. The van der Waals surface area contributed by atoms with Crippen LogP contribution in [0.15, 0.2) is 18.2 Å². The molecule has 1 N–H and O–H groups in total. The van der Waals surface area contributed by atoms with Crippen molar-refractivity contribution in [1.29, 1.82) is 0 Å². The molecular formula is C15H21ClF2N2O3. The van der Waals surface area contributed by atoms with Gasteiger partial charge in [0.15, 0.2) is 11.5 Å². The van der Waals surface area contributed by atoms with E-state index in [0.29, 0.717) is 26.2 Å². The Kier molecular flexibility index (Phi) is 7.51. The number of nitrogens with one attached hydrogen (secondary N) is 1. The Morgan fingerprint density at radius 1 is 1.39 bits per heavy atom. The van der Waals surface area contributed by atoms with Gasteiger partial charge in [0.1, 0.15) is 0 Å². The summed E-state index contributed by atoms with van der Waals surface area (Å²) < 4.78 is 34.5. The van der Waals surface area contributed by atoms with Crippen LogP contribution in [0, 0.1) is 5.92 Å². The van der Waals surface area contributed by atoms with Gasteiger partial charge in [-0.05, 0) is 24.6 Å². The van der Waals surface area contributed by atoms with Crippen LogP contribution in [-0.4, -0.2) is 44.2 Å². The summed E-state index contributed by atoms with van der Waals surface area (Å²) in [7, 11) is 1.73. The van der Waals surface area contributed by atoms with Crippen molar-refractivity contribution in [2.24, 2.45) is 5.92 Å². The van der Waals surface area contributed by atoms with Crippen molar-refractivity contribution in [3.63, 3.8) is 0 Å². The van der Waals surface area contributed by atoms with Gasteiger partial charge in [-0.3, -0.25) is 4.79 Å². The molecule has 0 bridgehead atoms. The number of hydrogen-bond donors (Lipinski definition) is 1. The summed E-state index contributed by atoms with van der Waals surface area (Å²) in [5, 5.41) is 3.06. The molecule has 0 spiro atoms. The number of rotatable bonds is 7. The van der Waals surface area contributed by atoms with E-state index in [1.54, 1.807) is 31.0 Å². The van der Waals surface area contributed by atoms with Gasteiger partial charge in [-0.2, -0.15) is 8.78 Å². The first kappa shape index (κ1) is 19.4. The maximum absolute atomic E-state index is 12.4. The quantitative estimate of drug-likeness (QED) is 0.819. The highest BCUT2D eigenvalue weighted by atomic mass is 35.5. The maximum Gasteiger partial charge on any atom is 0.387 e. The number of halogens is 3. The van der Waals surface area contributed by atoms with E-state index < -0.39 is 6.61 Å². The van der Waals surface area contributed by atoms with Crippen LogP contribution in [0.4, 0.5) is 8.78 Å². The number of alkyl halides is 2. The molecule has 1 fully saturated rings. The number of nitrogens with zero attached hydrogens (tertiary/aromatic N) is 1. The lowest BCUT2D eigenvalue weighted by Crippen LogP contribution is -2.50. The molecule has 1 aromatic rings. The van der Waals surface area contributed by atoms with Crippen molar-refractivity contribution in [2.45, 2.75) is 20.1 Å². The molecule has 23 heavy (non-hydrogen) atoms. The van der Waals surface area contributed by atoms with Crippen molar-refractivity contribution in [2.75, 3.05) is 26.7 Å². The van der Waals surface area contributed by atoms with Crippen LogP contribution in [0.2, 0.25) is 0 Å². The Balaban J connectivity index is 0.00000264. The van der Waals surface area contributed by atoms with Crippen molar-refractivity contribution in [3.05, 3.63) is 23.8 Å². The lowest BCUT2D eigenvalue weighted by Gasteiger charge is -2.30. The molecule has 8 heteroatoms. The van der Waals surface area contributed by atoms with Crippen molar-refractivity contribution < 1.29 is 23.0 Å². The molecule has 0 aromatic heterocycles. The predicted octanol–water partition coefficient (Wildman–Crippen LogP) is 2.29. The summed E-state index contributed by atoms with van der Waals surface area (Å²) in [6.07, 6.45) is 0. The Morgan fingerprint density at radius 3 is 2.61 bits per heavy atom. The third kappa shape index (κ3) is 5.21. The van der Waals surface area contributed by atoms with Crippen molar-refractivity contribution in [1.82, 2.24) is 10.2 Å². The SMILES string of the molecule is CCOc1cc(CN(C)C(=O)C2CNC2)ccc1OC(F)F.Cl. The largest absolute Gasteiger partial charge is 0.490 e. The van der Waals surface area contributed by atoms with E-state index in [0.717, 1.165) is 5.56 Å². The van der Waals surface area contributed by atoms with Gasteiger partial charge in [0, 0.05) is 26.7 Å². The lowest BCUT2D eigenvalue weighted by molar-refractivity contribution is -0.136. The van der Waals surface area contributed by atoms with E-state index in [2.05, 4.69) is 10.1 Å². The van der Waals surface area contributed by atoms with Gasteiger partial charge >= 0.3 is 6.61 Å².